The topological polar surface area (TPSA) is 0 Å². The lowest BCUT2D eigenvalue weighted by atomic mass is 10.4. The predicted octanol–water partition coefficient (Wildman–Crippen LogP) is 3.93. The molecule has 0 saturated carbocycles. The summed E-state index contributed by atoms with van der Waals surface area (Å²) in [5.74, 6) is -11.1. The number of hydrogen-bond acceptors (Lipinski definition) is 0. The van der Waals surface area contributed by atoms with Gasteiger partial charge in [0.15, 0.2) is 0 Å². The zero-order chi connectivity index (χ0) is 13.5. The van der Waals surface area contributed by atoms with Crippen LogP contribution in [0.3, 0.4) is 0 Å². The summed E-state index contributed by atoms with van der Waals surface area (Å²) in [6, 6.07) is 3.20. The average Bonchev–Trinajstić information content (AvgIpc) is 2.14. The van der Waals surface area contributed by atoms with Gasteiger partial charge in [-0.1, -0.05) is 23.7 Å². The van der Waals surface area contributed by atoms with E-state index in [1.165, 1.54) is 0 Å². The zero-order valence-corrected chi connectivity index (χ0v) is 10.3. The fourth-order valence-corrected chi connectivity index (χ4v) is 3.27. The molecule has 0 aromatic heterocycles. The molecule has 96 valence electrons. The molecule has 0 N–H and O–H groups in total. The Bertz CT molecular complexity index is 382. The predicted molar refractivity (Wildman–Crippen MR) is 54.8 cm³/mol. The molecular formula is C8H4Cl2F6Si. The number of alkyl halides is 6. The Hall–Kier alpha value is -0.403. The number of hydrogen-bond donors (Lipinski definition) is 0. The van der Waals surface area contributed by atoms with Crippen molar-refractivity contribution < 1.29 is 26.3 Å². The Kier molecular flexibility index (Phi) is 3.76. The normalized spacial score (nSPS) is 13.9. The highest BCUT2D eigenvalue weighted by Crippen LogP contribution is 2.43. The average molecular weight is 313 g/mol. The second-order valence-electron chi connectivity index (χ2n) is 3.16. The first-order chi connectivity index (χ1) is 7.50. The van der Waals surface area contributed by atoms with Gasteiger partial charge in [0, 0.05) is 5.02 Å². The first-order valence-electron chi connectivity index (χ1n) is 4.08. The van der Waals surface area contributed by atoms with Crippen molar-refractivity contribution >= 4 is 35.3 Å². The maximum atomic E-state index is 12.6. The second-order valence-corrected chi connectivity index (χ2v) is 8.33. The lowest BCUT2D eigenvalue weighted by Crippen LogP contribution is -2.66. The Morgan fingerprint density at radius 2 is 1.18 bits per heavy atom. The van der Waals surface area contributed by atoms with Crippen LogP contribution in [0.25, 0.3) is 0 Å². The van der Waals surface area contributed by atoms with Crippen molar-refractivity contribution in [3.8, 4) is 0 Å². The van der Waals surface area contributed by atoms with E-state index >= 15 is 0 Å². The van der Waals surface area contributed by atoms with Crippen LogP contribution in [-0.2, 0) is 0 Å². The Labute approximate surface area is 103 Å². The van der Waals surface area contributed by atoms with Gasteiger partial charge in [0.25, 0.3) is 0 Å². The summed E-state index contributed by atoms with van der Waals surface area (Å²) in [6.07, 6.45) is 0. The first-order valence-corrected chi connectivity index (χ1v) is 7.47. The molecule has 0 fully saturated rings. The highest BCUT2D eigenvalue weighted by molar-refractivity contribution is 7.29. The van der Waals surface area contributed by atoms with E-state index in [-0.39, 0.29) is 5.02 Å². The minimum Gasteiger partial charge on any atom is -0.174 e. The fourth-order valence-electron chi connectivity index (χ4n) is 1.17. The monoisotopic (exact) mass is 312 g/mol. The van der Waals surface area contributed by atoms with Crippen molar-refractivity contribution in [2.24, 2.45) is 0 Å². The Balaban J connectivity index is 3.41. The third-order valence-electron chi connectivity index (χ3n) is 2.02. The van der Waals surface area contributed by atoms with Gasteiger partial charge in [0.1, 0.15) is 0 Å². The van der Waals surface area contributed by atoms with E-state index < -0.39 is 24.2 Å². The Morgan fingerprint density at radius 1 is 0.824 bits per heavy atom. The van der Waals surface area contributed by atoms with E-state index in [1.807, 2.05) is 0 Å². The van der Waals surface area contributed by atoms with Crippen molar-refractivity contribution in [3.63, 3.8) is 0 Å². The van der Waals surface area contributed by atoms with Crippen LogP contribution >= 0.6 is 22.7 Å². The summed E-state index contributed by atoms with van der Waals surface area (Å²) in [5.41, 5.74) is 0. The van der Waals surface area contributed by atoms with Crippen LogP contribution in [-0.4, -0.2) is 19.0 Å². The van der Waals surface area contributed by atoms with E-state index in [0.29, 0.717) is 12.1 Å². The molecule has 0 amide bonds. The molecule has 9 heteroatoms. The maximum absolute atomic E-state index is 12.6. The maximum Gasteiger partial charge on any atom is 0.426 e. The van der Waals surface area contributed by atoms with Crippen LogP contribution in [0.4, 0.5) is 26.3 Å². The SMILES string of the molecule is FC(F)(F)[Si](Cl)(c1ccc(Cl)cc1)C(F)(F)F. The highest BCUT2D eigenvalue weighted by atomic mass is 35.6. The van der Waals surface area contributed by atoms with Crippen LogP contribution < -0.4 is 5.19 Å². The molecule has 0 aliphatic rings. The Morgan fingerprint density at radius 3 is 1.47 bits per heavy atom. The minimum absolute atomic E-state index is 0.0334. The minimum atomic E-state index is -6.14. The third kappa shape index (κ3) is 2.55. The van der Waals surface area contributed by atoms with Gasteiger partial charge in [-0.25, -0.2) is 0 Å². The van der Waals surface area contributed by atoms with Crippen LogP contribution in [0.1, 0.15) is 0 Å². The molecule has 0 unspecified atom stereocenters. The van der Waals surface area contributed by atoms with Crippen molar-refractivity contribution in [2.75, 3.05) is 0 Å². The smallest absolute Gasteiger partial charge is 0.174 e. The molecule has 0 bridgehead atoms. The molecule has 1 rings (SSSR count). The number of halogens is 8. The molecule has 0 saturated heterocycles. The van der Waals surface area contributed by atoms with E-state index in [0.717, 1.165) is 12.1 Å². The molecule has 0 aliphatic heterocycles. The van der Waals surface area contributed by atoms with Gasteiger partial charge in [-0.2, -0.15) is 26.3 Å². The molecule has 17 heavy (non-hydrogen) atoms. The molecule has 1 aromatic rings. The first kappa shape index (κ1) is 14.7. The van der Waals surface area contributed by atoms with Gasteiger partial charge in [-0.3, -0.25) is 0 Å². The summed E-state index contributed by atoms with van der Waals surface area (Å²) >= 11 is 10.3. The fraction of sp³-hybridized carbons (Fsp3) is 0.250. The second kappa shape index (κ2) is 4.36. The lowest BCUT2D eigenvalue weighted by Gasteiger charge is -2.29. The van der Waals surface area contributed by atoms with Crippen LogP contribution in [0, 0.1) is 0 Å². The van der Waals surface area contributed by atoms with Crippen molar-refractivity contribution in [3.05, 3.63) is 29.3 Å². The standard InChI is InChI=1S/C8H4Cl2F6Si/c9-5-1-3-6(4-2-5)17(10,7(11,12)13)8(14,15)16/h1-4H. The molecule has 0 aliphatic carbocycles. The van der Waals surface area contributed by atoms with Crippen LogP contribution in [0.2, 0.25) is 5.02 Å². The van der Waals surface area contributed by atoms with Gasteiger partial charge in [-0.05, 0) is 17.3 Å². The van der Waals surface area contributed by atoms with E-state index in [9.17, 15) is 26.3 Å². The van der Waals surface area contributed by atoms with Gasteiger partial charge in [0.2, 0.25) is 0 Å². The number of benzene rings is 1. The van der Waals surface area contributed by atoms with Crippen molar-refractivity contribution in [1.82, 2.24) is 0 Å². The summed E-state index contributed by atoms with van der Waals surface area (Å²) in [4.78, 5) is 0. The van der Waals surface area contributed by atoms with Crippen LogP contribution in [0.5, 0.6) is 0 Å². The summed E-state index contributed by atoms with van der Waals surface area (Å²) in [5, 5.41) is -0.949. The molecule has 1 aromatic carbocycles. The summed E-state index contributed by atoms with van der Waals surface area (Å²) in [7, 11) is -6.14. The van der Waals surface area contributed by atoms with Crippen LogP contribution in [0.15, 0.2) is 24.3 Å². The molecule has 0 nitrogen and oxygen atoms in total. The quantitative estimate of drug-likeness (QED) is 0.419. The van der Waals surface area contributed by atoms with Gasteiger partial charge in [-0.15, -0.1) is 11.1 Å². The molecule has 0 atom stereocenters. The van der Waals surface area contributed by atoms with Gasteiger partial charge in [0.05, 0.1) is 0 Å². The van der Waals surface area contributed by atoms with E-state index in [4.69, 9.17) is 22.7 Å². The van der Waals surface area contributed by atoms with Gasteiger partial charge >= 0.3 is 19.0 Å². The summed E-state index contributed by atoms with van der Waals surface area (Å²) in [6.45, 7) is 0. The zero-order valence-electron chi connectivity index (χ0n) is 7.83. The van der Waals surface area contributed by atoms with Crippen molar-refractivity contribution in [2.45, 2.75) is 11.6 Å². The summed E-state index contributed by atoms with van der Waals surface area (Å²) < 4.78 is 75.4. The highest BCUT2D eigenvalue weighted by Gasteiger charge is 2.75. The molecule has 0 radical (unpaired) electrons. The van der Waals surface area contributed by atoms with E-state index in [2.05, 4.69) is 0 Å². The van der Waals surface area contributed by atoms with Crippen molar-refractivity contribution in [1.29, 1.82) is 0 Å². The molecule has 0 spiro atoms. The van der Waals surface area contributed by atoms with E-state index in [1.54, 1.807) is 0 Å². The lowest BCUT2D eigenvalue weighted by molar-refractivity contribution is -0.104. The third-order valence-corrected chi connectivity index (χ3v) is 6.91. The van der Waals surface area contributed by atoms with Gasteiger partial charge < -0.3 is 0 Å². The largest absolute Gasteiger partial charge is 0.426 e. The molecule has 0 heterocycles. The molecular weight excluding hydrogens is 309 g/mol. The number of rotatable bonds is 1.